The van der Waals surface area contributed by atoms with Gasteiger partial charge in [0.1, 0.15) is 0 Å². The summed E-state index contributed by atoms with van der Waals surface area (Å²) in [6.07, 6.45) is 4.00. The molecular formula is C12H23N3O. The van der Waals surface area contributed by atoms with Crippen molar-refractivity contribution in [2.24, 2.45) is 5.92 Å². The normalized spacial score (nSPS) is 26.1. The number of rotatable bonds is 4. The van der Waals surface area contributed by atoms with Crippen LogP contribution >= 0.6 is 0 Å². The second-order valence-electron chi connectivity index (χ2n) is 5.39. The number of hydrogen-bond donors (Lipinski definition) is 2. The minimum atomic E-state index is -0.0279. The topological polar surface area (TPSA) is 44.4 Å². The van der Waals surface area contributed by atoms with E-state index in [1.54, 1.807) is 0 Å². The van der Waals surface area contributed by atoms with Crippen LogP contribution in [0.1, 0.15) is 33.1 Å². The molecule has 16 heavy (non-hydrogen) atoms. The molecule has 1 aliphatic heterocycles. The zero-order chi connectivity index (χ0) is 11.5. The summed E-state index contributed by atoms with van der Waals surface area (Å²) in [5, 5.41) is 5.81. The first-order valence-electron chi connectivity index (χ1n) is 6.43. The van der Waals surface area contributed by atoms with Crippen LogP contribution in [0.4, 0.5) is 4.79 Å². The smallest absolute Gasteiger partial charge is 0.314 e. The van der Waals surface area contributed by atoms with Gasteiger partial charge in [0, 0.05) is 25.2 Å². The molecule has 0 bridgehead atoms. The molecule has 0 radical (unpaired) electrons. The first-order chi connectivity index (χ1) is 7.65. The van der Waals surface area contributed by atoms with E-state index in [4.69, 9.17) is 0 Å². The van der Waals surface area contributed by atoms with Gasteiger partial charge in [0.05, 0.1) is 0 Å². The molecule has 0 aromatic rings. The Morgan fingerprint density at radius 3 is 2.75 bits per heavy atom. The molecule has 2 fully saturated rings. The average molecular weight is 225 g/mol. The minimum Gasteiger partial charge on any atom is -0.338 e. The summed E-state index contributed by atoms with van der Waals surface area (Å²) in [5.41, 5.74) is 0. The van der Waals surface area contributed by atoms with Crippen molar-refractivity contribution in [2.75, 3.05) is 19.6 Å². The zero-order valence-corrected chi connectivity index (χ0v) is 10.3. The Labute approximate surface area is 97.8 Å². The van der Waals surface area contributed by atoms with Crippen molar-refractivity contribution in [3.05, 3.63) is 0 Å². The van der Waals surface area contributed by atoms with Crippen LogP contribution in [-0.4, -0.2) is 42.6 Å². The lowest BCUT2D eigenvalue weighted by Crippen LogP contribution is -2.41. The Morgan fingerprint density at radius 2 is 2.12 bits per heavy atom. The van der Waals surface area contributed by atoms with Crippen LogP contribution in [-0.2, 0) is 0 Å². The van der Waals surface area contributed by atoms with Crippen molar-refractivity contribution in [1.29, 1.82) is 0 Å². The predicted octanol–water partition coefficient (Wildman–Crippen LogP) is 1.18. The molecule has 4 nitrogen and oxygen atoms in total. The van der Waals surface area contributed by atoms with Crippen LogP contribution in [0.15, 0.2) is 0 Å². The van der Waals surface area contributed by atoms with Crippen molar-refractivity contribution in [3.63, 3.8) is 0 Å². The van der Waals surface area contributed by atoms with Crippen molar-refractivity contribution >= 4 is 6.03 Å². The summed E-state index contributed by atoms with van der Waals surface area (Å²) in [4.78, 5) is 14.0. The SMILES string of the molecule is CC(C)NC(=O)NCC1CCN(C2CC2)C1. The zero-order valence-electron chi connectivity index (χ0n) is 10.3. The molecule has 1 saturated carbocycles. The molecule has 1 unspecified atom stereocenters. The van der Waals surface area contributed by atoms with Crippen LogP contribution in [0.25, 0.3) is 0 Å². The van der Waals surface area contributed by atoms with Crippen molar-refractivity contribution in [2.45, 2.75) is 45.2 Å². The minimum absolute atomic E-state index is 0.0279. The molecule has 0 aromatic carbocycles. The van der Waals surface area contributed by atoms with E-state index in [1.807, 2.05) is 13.8 Å². The fourth-order valence-electron chi connectivity index (χ4n) is 2.35. The molecule has 1 saturated heterocycles. The monoisotopic (exact) mass is 225 g/mol. The molecule has 2 amide bonds. The van der Waals surface area contributed by atoms with Crippen molar-refractivity contribution in [1.82, 2.24) is 15.5 Å². The Morgan fingerprint density at radius 1 is 1.38 bits per heavy atom. The van der Waals surface area contributed by atoms with Gasteiger partial charge in [0.15, 0.2) is 0 Å². The molecule has 0 aromatic heterocycles. The maximum absolute atomic E-state index is 11.4. The van der Waals surface area contributed by atoms with Crippen LogP contribution < -0.4 is 10.6 Å². The Hall–Kier alpha value is -0.770. The number of carbonyl (C=O) groups excluding carboxylic acids is 1. The first-order valence-corrected chi connectivity index (χ1v) is 6.43. The van der Waals surface area contributed by atoms with E-state index < -0.39 is 0 Å². The summed E-state index contributed by atoms with van der Waals surface area (Å²) in [6.45, 7) is 7.17. The summed E-state index contributed by atoms with van der Waals surface area (Å²) in [5.74, 6) is 0.651. The van der Waals surface area contributed by atoms with Gasteiger partial charge in [0.25, 0.3) is 0 Å². The fraction of sp³-hybridized carbons (Fsp3) is 0.917. The number of urea groups is 1. The standard InChI is InChI=1S/C12H23N3O/c1-9(2)14-12(16)13-7-10-5-6-15(8-10)11-3-4-11/h9-11H,3-8H2,1-2H3,(H2,13,14,16). The molecule has 1 atom stereocenters. The highest BCUT2D eigenvalue weighted by molar-refractivity contribution is 5.74. The lowest BCUT2D eigenvalue weighted by molar-refractivity contribution is 0.236. The van der Waals surface area contributed by atoms with Crippen LogP contribution in [0, 0.1) is 5.92 Å². The summed E-state index contributed by atoms with van der Waals surface area (Å²) in [6, 6.07) is 1.06. The van der Waals surface area contributed by atoms with E-state index in [9.17, 15) is 4.79 Å². The van der Waals surface area contributed by atoms with E-state index in [-0.39, 0.29) is 12.1 Å². The third kappa shape index (κ3) is 3.37. The molecule has 4 heteroatoms. The molecule has 0 spiro atoms. The Balaban J connectivity index is 1.61. The molecule has 2 N–H and O–H groups in total. The molecule has 92 valence electrons. The molecule has 1 aliphatic carbocycles. The van der Waals surface area contributed by atoms with Gasteiger partial charge in [-0.3, -0.25) is 0 Å². The van der Waals surface area contributed by atoms with E-state index >= 15 is 0 Å². The maximum Gasteiger partial charge on any atom is 0.314 e. The van der Waals surface area contributed by atoms with Gasteiger partial charge in [-0.05, 0) is 45.6 Å². The highest BCUT2D eigenvalue weighted by atomic mass is 16.2. The summed E-state index contributed by atoms with van der Waals surface area (Å²) in [7, 11) is 0. The molecule has 1 heterocycles. The number of amides is 2. The predicted molar refractivity (Wildman–Crippen MR) is 64.4 cm³/mol. The lowest BCUT2D eigenvalue weighted by Gasteiger charge is -2.16. The first kappa shape index (κ1) is 11.7. The van der Waals surface area contributed by atoms with Crippen molar-refractivity contribution < 1.29 is 4.79 Å². The van der Waals surface area contributed by atoms with E-state index in [2.05, 4.69) is 15.5 Å². The summed E-state index contributed by atoms with van der Waals surface area (Å²) < 4.78 is 0. The highest BCUT2D eigenvalue weighted by Gasteiger charge is 2.34. The maximum atomic E-state index is 11.4. The quantitative estimate of drug-likeness (QED) is 0.754. The number of carbonyl (C=O) groups is 1. The number of likely N-dealkylation sites (tertiary alicyclic amines) is 1. The third-order valence-corrected chi connectivity index (χ3v) is 3.35. The largest absolute Gasteiger partial charge is 0.338 e. The van der Waals surface area contributed by atoms with Gasteiger partial charge >= 0.3 is 6.03 Å². The van der Waals surface area contributed by atoms with Gasteiger partial charge in [0.2, 0.25) is 0 Å². The average Bonchev–Trinajstić information content (AvgIpc) is 2.94. The number of nitrogens with zero attached hydrogens (tertiary/aromatic N) is 1. The summed E-state index contributed by atoms with van der Waals surface area (Å²) >= 11 is 0. The highest BCUT2D eigenvalue weighted by Crippen LogP contribution is 2.31. The Kier molecular flexibility index (Phi) is 3.69. The van der Waals surface area contributed by atoms with Gasteiger partial charge < -0.3 is 15.5 Å². The second kappa shape index (κ2) is 5.04. The van der Waals surface area contributed by atoms with Crippen molar-refractivity contribution in [3.8, 4) is 0 Å². The molecule has 2 rings (SSSR count). The van der Waals surface area contributed by atoms with Gasteiger partial charge in [-0.25, -0.2) is 4.79 Å². The second-order valence-corrected chi connectivity index (χ2v) is 5.39. The third-order valence-electron chi connectivity index (χ3n) is 3.35. The van der Waals surface area contributed by atoms with Crippen LogP contribution in [0.5, 0.6) is 0 Å². The number of hydrogen-bond acceptors (Lipinski definition) is 2. The van der Waals surface area contributed by atoms with Gasteiger partial charge in [-0.15, -0.1) is 0 Å². The van der Waals surface area contributed by atoms with E-state index in [0.717, 1.165) is 12.6 Å². The van der Waals surface area contributed by atoms with E-state index in [0.29, 0.717) is 5.92 Å². The number of nitrogens with one attached hydrogen (secondary N) is 2. The lowest BCUT2D eigenvalue weighted by atomic mass is 10.1. The van der Waals surface area contributed by atoms with E-state index in [1.165, 1.54) is 32.4 Å². The molecule has 2 aliphatic rings. The molecular weight excluding hydrogens is 202 g/mol. The Bertz CT molecular complexity index is 251. The van der Waals surface area contributed by atoms with Gasteiger partial charge in [-0.2, -0.15) is 0 Å². The fourth-order valence-corrected chi connectivity index (χ4v) is 2.35. The van der Waals surface area contributed by atoms with Crippen LogP contribution in [0.2, 0.25) is 0 Å². The van der Waals surface area contributed by atoms with Crippen LogP contribution in [0.3, 0.4) is 0 Å². The van der Waals surface area contributed by atoms with Gasteiger partial charge in [-0.1, -0.05) is 0 Å².